The third-order valence-corrected chi connectivity index (χ3v) is 8.68. The number of nitrogens with one attached hydrogen (secondary N) is 5. The third-order valence-electron chi connectivity index (χ3n) is 8.68. The van der Waals surface area contributed by atoms with Crippen LogP contribution in [0.25, 0.3) is 11.6 Å². The minimum Gasteiger partial charge on any atom is -0.383 e. The average Bonchev–Trinajstić information content (AvgIpc) is 3.64. The van der Waals surface area contributed by atoms with Crippen molar-refractivity contribution < 1.29 is 42.6 Å². The predicted octanol–water partition coefficient (Wildman–Crippen LogP) is 2.54. The second kappa shape index (κ2) is 14.4. The number of fused-ring (bicyclic) bond motifs is 2. The summed E-state index contributed by atoms with van der Waals surface area (Å²) in [5.74, 6) is -3.32. The molecule has 0 aliphatic carbocycles. The van der Waals surface area contributed by atoms with Crippen LogP contribution < -0.4 is 21.3 Å². The number of nitrogens with zero attached hydrogens (tertiary/aromatic N) is 1. The van der Waals surface area contributed by atoms with Crippen molar-refractivity contribution in [1.82, 2.24) is 20.5 Å². The molecule has 1 fully saturated rings. The predicted molar refractivity (Wildman–Crippen MR) is 179 cm³/mol. The molecule has 4 heterocycles. The molecule has 1 aromatic heterocycles. The molecule has 3 aliphatic heterocycles. The number of imide groups is 2. The van der Waals surface area contributed by atoms with Crippen molar-refractivity contribution in [2.75, 3.05) is 50.2 Å². The van der Waals surface area contributed by atoms with Crippen LogP contribution in [-0.2, 0) is 23.9 Å². The van der Waals surface area contributed by atoms with Crippen LogP contribution >= 0.6 is 0 Å². The number of piperidine rings is 1. The molecule has 0 saturated carbocycles. The summed E-state index contributed by atoms with van der Waals surface area (Å²) in [6, 6.07) is 7.83. The van der Waals surface area contributed by atoms with E-state index in [2.05, 4.69) is 26.3 Å². The fourth-order valence-electron chi connectivity index (χ4n) is 6.20. The molecule has 1 saturated heterocycles. The van der Waals surface area contributed by atoms with Gasteiger partial charge in [-0.15, -0.1) is 0 Å². The van der Waals surface area contributed by atoms with E-state index in [1.807, 2.05) is 0 Å². The fraction of sp³-hybridized carbons (Fsp3) is 0.314. The Morgan fingerprint density at radius 3 is 2.42 bits per heavy atom. The van der Waals surface area contributed by atoms with Gasteiger partial charge in [0, 0.05) is 47.8 Å². The Bertz CT molecular complexity index is 1950. The number of hydrogen-bond donors (Lipinski definition) is 5. The van der Waals surface area contributed by atoms with Crippen LogP contribution in [0.15, 0.2) is 36.4 Å². The van der Waals surface area contributed by atoms with Crippen molar-refractivity contribution in [3.63, 3.8) is 0 Å². The van der Waals surface area contributed by atoms with Gasteiger partial charge < -0.3 is 30.4 Å². The first-order valence-electron chi connectivity index (χ1n) is 16.1. The van der Waals surface area contributed by atoms with Gasteiger partial charge in [-0.2, -0.15) is 0 Å². The molecular formula is C35H35FN6O8. The molecule has 0 bridgehead atoms. The highest BCUT2D eigenvalue weighted by Gasteiger charge is 2.44. The van der Waals surface area contributed by atoms with Crippen LogP contribution in [0.3, 0.4) is 0 Å². The largest absolute Gasteiger partial charge is 0.383 e. The lowest BCUT2D eigenvalue weighted by Gasteiger charge is -2.27. The Morgan fingerprint density at radius 2 is 1.66 bits per heavy atom. The summed E-state index contributed by atoms with van der Waals surface area (Å²) in [6.07, 6.45) is 1.76. The second-order valence-electron chi connectivity index (χ2n) is 12.0. The van der Waals surface area contributed by atoms with Gasteiger partial charge in [-0.25, -0.2) is 4.39 Å². The van der Waals surface area contributed by atoms with Gasteiger partial charge in [0.25, 0.3) is 23.6 Å². The maximum absolute atomic E-state index is 13.8. The van der Waals surface area contributed by atoms with E-state index >= 15 is 0 Å². The summed E-state index contributed by atoms with van der Waals surface area (Å²) < 4.78 is 25.0. The lowest BCUT2D eigenvalue weighted by molar-refractivity contribution is -0.136. The molecule has 2 aromatic carbocycles. The van der Waals surface area contributed by atoms with Crippen LogP contribution in [0.2, 0.25) is 0 Å². The number of amides is 6. The van der Waals surface area contributed by atoms with Crippen LogP contribution in [-0.4, -0.2) is 90.9 Å². The molecule has 6 rings (SSSR count). The number of H-pyrrole nitrogens is 1. The number of anilines is 2. The number of hydrogen-bond acceptors (Lipinski definition) is 9. The number of halogens is 1. The summed E-state index contributed by atoms with van der Waals surface area (Å²) in [4.78, 5) is 79.1. The number of benzene rings is 2. The molecule has 5 N–H and O–H groups in total. The molecule has 50 heavy (non-hydrogen) atoms. The van der Waals surface area contributed by atoms with Gasteiger partial charge in [-0.05, 0) is 68.3 Å². The van der Waals surface area contributed by atoms with Crippen molar-refractivity contribution in [1.29, 1.82) is 0 Å². The summed E-state index contributed by atoms with van der Waals surface area (Å²) >= 11 is 0. The van der Waals surface area contributed by atoms with Crippen LogP contribution in [0, 0.1) is 19.7 Å². The van der Waals surface area contributed by atoms with Gasteiger partial charge in [-0.3, -0.25) is 39.0 Å². The molecule has 0 radical (unpaired) electrons. The Hall–Kier alpha value is -5.67. The summed E-state index contributed by atoms with van der Waals surface area (Å²) in [5, 5.41) is 10.9. The standard InChI is InChI=1S/C35H35FN6O8/c1-18-27(17-24-23-15-20(36)3-6-26(23)40-31(24)44)39-19(2)30(18)33(46)38-10-12-50-14-13-49-11-9-37-21-4-5-22-25(16-21)35(48)42(34(22)47)28-7-8-29(43)41-32(28)45/h3-6,15-17,28,37,39H,7-14H2,1-2H3,(H,38,46)(H,40,44)(H,41,43,45)/b24-17-. The monoisotopic (exact) mass is 686 g/mol. The van der Waals surface area contributed by atoms with Gasteiger partial charge in [0.2, 0.25) is 11.8 Å². The zero-order valence-electron chi connectivity index (χ0n) is 27.4. The smallest absolute Gasteiger partial charge is 0.262 e. The number of aryl methyl sites for hydroxylation is 1. The SMILES string of the molecule is Cc1[nH]c(/C=C2\C(=O)Nc3ccc(F)cc32)c(C)c1C(=O)NCCOCCOCCNc1ccc2c(c1)C(=O)N(C1CCC(=O)NC1=O)C2=O. The highest BCUT2D eigenvalue weighted by Crippen LogP contribution is 2.34. The molecule has 15 heteroatoms. The number of aromatic nitrogens is 1. The van der Waals surface area contributed by atoms with Crippen molar-refractivity contribution in [2.45, 2.75) is 32.7 Å². The maximum atomic E-state index is 13.8. The van der Waals surface area contributed by atoms with E-state index in [-0.39, 0.29) is 48.9 Å². The van der Waals surface area contributed by atoms with Crippen LogP contribution in [0.1, 0.15) is 66.4 Å². The van der Waals surface area contributed by atoms with Crippen molar-refractivity contribution in [3.8, 4) is 0 Å². The Kier molecular flexibility index (Phi) is 9.88. The van der Waals surface area contributed by atoms with E-state index in [1.54, 1.807) is 32.1 Å². The van der Waals surface area contributed by atoms with E-state index in [0.717, 1.165) is 4.90 Å². The Morgan fingerprint density at radius 1 is 0.920 bits per heavy atom. The molecule has 14 nitrogen and oxygen atoms in total. The van der Waals surface area contributed by atoms with Crippen molar-refractivity contribution in [3.05, 3.63) is 81.4 Å². The molecule has 6 amide bonds. The van der Waals surface area contributed by atoms with Crippen molar-refractivity contribution in [2.24, 2.45) is 0 Å². The number of ether oxygens (including phenoxy) is 2. The van der Waals surface area contributed by atoms with Gasteiger partial charge in [0.15, 0.2) is 0 Å². The topological polar surface area (TPSA) is 188 Å². The maximum Gasteiger partial charge on any atom is 0.262 e. The minimum absolute atomic E-state index is 0.0537. The second-order valence-corrected chi connectivity index (χ2v) is 12.0. The van der Waals surface area contributed by atoms with Gasteiger partial charge in [0.1, 0.15) is 11.9 Å². The average molecular weight is 687 g/mol. The summed E-state index contributed by atoms with van der Waals surface area (Å²) in [5.41, 5.74) is 4.60. The molecular weight excluding hydrogens is 651 g/mol. The molecule has 3 aromatic rings. The fourth-order valence-corrected chi connectivity index (χ4v) is 6.20. The van der Waals surface area contributed by atoms with E-state index in [9.17, 15) is 33.2 Å². The van der Waals surface area contributed by atoms with E-state index in [4.69, 9.17) is 9.47 Å². The molecule has 1 atom stereocenters. The molecule has 1 unspecified atom stereocenters. The molecule has 3 aliphatic rings. The Balaban J connectivity index is 0.890. The van der Waals surface area contributed by atoms with E-state index in [0.29, 0.717) is 71.4 Å². The van der Waals surface area contributed by atoms with Gasteiger partial charge in [-0.1, -0.05) is 0 Å². The number of rotatable bonds is 13. The normalized spacial score (nSPS) is 17.6. The van der Waals surface area contributed by atoms with Gasteiger partial charge in [0.05, 0.1) is 48.7 Å². The number of carbonyl (C=O) groups excluding carboxylic acids is 6. The van der Waals surface area contributed by atoms with E-state index in [1.165, 1.54) is 24.3 Å². The van der Waals surface area contributed by atoms with Crippen LogP contribution in [0.5, 0.6) is 0 Å². The summed E-state index contributed by atoms with van der Waals surface area (Å²) in [6.45, 7) is 5.40. The summed E-state index contributed by atoms with van der Waals surface area (Å²) in [7, 11) is 0. The molecule has 0 spiro atoms. The van der Waals surface area contributed by atoms with Crippen LogP contribution in [0.4, 0.5) is 15.8 Å². The van der Waals surface area contributed by atoms with Gasteiger partial charge >= 0.3 is 0 Å². The third kappa shape index (κ3) is 6.91. The quantitative estimate of drug-likeness (QED) is 0.102. The number of aromatic amines is 1. The highest BCUT2D eigenvalue weighted by molar-refractivity contribution is 6.35. The lowest BCUT2D eigenvalue weighted by atomic mass is 10.0. The Labute approximate surface area is 285 Å². The highest BCUT2D eigenvalue weighted by atomic mass is 19.1. The number of carbonyl (C=O) groups is 6. The molecule has 260 valence electrons. The van der Waals surface area contributed by atoms with Crippen molar-refractivity contribution >= 4 is 58.5 Å². The first-order chi connectivity index (χ1) is 24.0. The van der Waals surface area contributed by atoms with E-state index < -0.39 is 35.5 Å². The first kappa shape index (κ1) is 34.2. The zero-order valence-corrected chi connectivity index (χ0v) is 27.4. The lowest BCUT2D eigenvalue weighted by Crippen LogP contribution is -2.54. The minimum atomic E-state index is -1.02. The first-order valence-corrected chi connectivity index (χ1v) is 16.1. The zero-order chi connectivity index (χ0) is 35.5.